The van der Waals surface area contributed by atoms with Crippen LogP contribution in [0.3, 0.4) is 0 Å². The molecular weight excluding hydrogens is 336 g/mol. The summed E-state index contributed by atoms with van der Waals surface area (Å²) in [5.41, 5.74) is 14.4. The van der Waals surface area contributed by atoms with Gasteiger partial charge < -0.3 is 26.0 Å². The highest BCUT2D eigenvalue weighted by Gasteiger charge is 2.21. The summed E-state index contributed by atoms with van der Waals surface area (Å²) >= 11 is 0. The minimum absolute atomic E-state index is 0.0256. The van der Waals surface area contributed by atoms with Crippen LogP contribution in [0, 0.1) is 0 Å². The molecule has 0 aromatic heterocycles. The molecule has 0 aliphatic heterocycles. The van der Waals surface area contributed by atoms with E-state index < -0.39 is 19.2 Å². The Bertz CT molecular complexity index is 716. The monoisotopic (exact) mass is 357 g/mol. The van der Waals surface area contributed by atoms with Gasteiger partial charge in [-0.3, -0.25) is 9.59 Å². The molecule has 0 bridgehead atoms. The number of ketones is 1. The quantitative estimate of drug-likeness (QED) is 0.308. The van der Waals surface area contributed by atoms with Crippen molar-refractivity contribution >= 4 is 17.4 Å². The second-order valence-corrected chi connectivity index (χ2v) is 5.71. The molecule has 0 amide bonds. The van der Waals surface area contributed by atoms with E-state index in [1.165, 1.54) is 0 Å². The number of aliphatic hydroxyl groups excluding tert-OH is 1. The number of anilines is 1. The van der Waals surface area contributed by atoms with E-state index in [1.54, 1.807) is 24.3 Å². The van der Waals surface area contributed by atoms with Crippen LogP contribution >= 0.6 is 0 Å². The lowest BCUT2D eigenvalue weighted by molar-refractivity contribution is -0.174. The van der Waals surface area contributed by atoms with Crippen molar-refractivity contribution in [3.05, 3.63) is 71.5 Å². The molecule has 2 unspecified atom stereocenters. The minimum Gasteiger partial charge on any atom is -0.628 e. The van der Waals surface area contributed by atoms with Crippen LogP contribution in [0.15, 0.2) is 54.6 Å². The van der Waals surface area contributed by atoms with Crippen LogP contribution in [0.1, 0.15) is 34.7 Å². The van der Waals surface area contributed by atoms with Crippen molar-refractivity contribution < 1.29 is 24.2 Å². The Morgan fingerprint density at radius 2 is 1.69 bits per heavy atom. The number of Topliss-reactive ketones (excluding diaryl/α,β-unsaturated/α-hetero) is 1. The molecule has 138 valence electrons. The molecule has 2 aromatic carbocycles. The van der Waals surface area contributed by atoms with E-state index >= 15 is 0 Å². The second-order valence-electron chi connectivity index (χ2n) is 5.71. The van der Waals surface area contributed by atoms with Gasteiger partial charge in [0, 0.05) is 23.6 Å². The molecule has 0 saturated carbocycles. The normalized spacial score (nSPS) is 13.0. The first-order valence-corrected chi connectivity index (χ1v) is 8.06. The van der Waals surface area contributed by atoms with Crippen LogP contribution in [0.25, 0.3) is 5.73 Å². The molecule has 7 nitrogen and oxygen atoms in total. The fraction of sp³-hybridized carbons (Fsp3) is 0.263. The lowest BCUT2D eigenvalue weighted by Gasteiger charge is -2.17. The first-order valence-electron chi connectivity index (χ1n) is 8.06. The van der Waals surface area contributed by atoms with Crippen LogP contribution in [0.4, 0.5) is 5.69 Å². The molecule has 0 radical (unpaired) electrons. The van der Waals surface area contributed by atoms with Crippen molar-refractivity contribution in [2.75, 3.05) is 12.5 Å². The number of nitrogen functional groups attached to an aromatic ring is 1. The first kappa shape index (κ1) is 19.6. The fourth-order valence-corrected chi connectivity index (χ4v) is 2.47. The highest BCUT2D eigenvalue weighted by molar-refractivity contribution is 5.97. The van der Waals surface area contributed by atoms with Gasteiger partial charge in [-0.05, 0) is 29.8 Å². The predicted molar refractivity (Wildman–Crippen MR) is 96.0 cm³/mol. The number of hydrogen-bond donors (Lipinski definition) is 2. The summed E-state index contributed by atoms with van der Waals surface area (Å²) in [4.78, 5) is 24.5. The van der Waals surface area contributed by atoms with Gasteiger partial charge in [0.05, 0.1) is 12.8 Å². The summed E-state index contributed by atoms with van der Waals surface area (Å²) < 4.78 is 9.30. The van der Waals surface area contributed by atoms with Crippen molar-refractivity contribution in [1.82, 2.24) is 0 Å². The molecule has 0 aliphatic carbocycles. The molecule has 2 atom stereocenters. The Balaban J connectivity index is 2.05. The molecule has 0 spiro atoms. The number of carbonyl (C=O) groups excluding carboxylic acids is 2. The van der Waals surface area contributed by atoms with Gasteiger partial charge >= 0.3 is 5.97 Å². The van der Waals surface area contributed by atoms with E-state index in [2.05, 4.69) is 4.74 Å². The molecule has 4 N–H and O–H groups in total. The topological polar surface area (TPSA) is 123 Å². The van der Waals surface area contributed by atoms with Gasteiger partial charge in [0.1, 0.15) is 0 Å². The Morgan fingerprint density at radius 1 is 1.04 bits per heavy atom. The van der Waals surface area contributed by atoms with Gasteiger partial charge in [-0.25, -0.2) is 0 Å². The summed E-state index contributed by atoms with van der Waals surface area (Å²) in [5.74, 6) is -1.05. The number of nitrogens with two attached hydrogens (primary N) is 1. The van der Waals surface area contributed by atoms with Crippen LogP contribution in [0.2, 0.25) is 0 Å². The number of carbonyl (C=O) groups is 2. The Labute approximate surface area is 151 Å². The lowest BCUT2D eigenvalue weighted by Crippen LogP contribution is -2.17. The molecule has 7 heteroatoms. The van der Waals surface area contributed by atoms with Gasteiger partial charge in [-0.2, -0.15) is 0 Å². The number of ether oxygens (including phenoxy) is 2. The zero-order chi connectivity index (χ0) is 18.9. The summed E-state index contributed by atoms with van der Waals surface area (Å²) in [6, 6.07) is 15.8. The molecule has 0 aliphatic rings. The molecule has 2 aromatic rings. The van der Waals surface area contributed by atoms with Crippen molar-refractivity contribution in [3.8, 4) is 0 Å². The summed E-state index contributed by atoms with van der Waals surface area (Å²) in [7, 11) is 0. The van der Waals surface area contributed by atoms with Gasteiger partial charge in [0.15, 0.2) is 12.6 Å². The van der Waals surface area contributed by atoms with Crippen LogP contribution in [0.5, 0.6) is 0 Å². The zero-order valence-electron chi connectivity index (χ0n) is 14.1. The van der Waals surface area contributed by atoms with E-state index in [4.69, 9.17) is 21.3 Å². The number of nitrogens with one attached hydrogen (secondary N) is 1. The number of esters is 1. The van der Waals surface area contributed by atoms with Crippen LogP contribution in [-0.2, 0) is 14.3 Å². The third kappa shape index (κ3) is 6.29. The van der Waals surface area contributed by atoms with Gasteiger partial charge in [-0.15, -0.1) is 0 Å². The highest BCUT2D eigenvalue weighted by Crippen LogP contribution is 2.26. The number of rotatable bonds is 9. The van der Waals surface area contributed by atoms with E-state index in [9.17, 15) is 9.59 Å². The maximum absolute atomic E-state index is 12.5. The standard InChI is InChI=1S/C19H21N2O5/c20-16-8-6-14(7-9-16)17(22)10-15(13-4-2-1-3-5-13)11-18(23)25-12-26-19(21)24/h1-9,15,19,21,24H,10-12,20H2/q-1. The smallest absolute Gasteiger partial charge is 0.308 e. The van der Waals surface area contributed by atoms with Gasteiger partial charge in [0.25, 0.3) is 0 Å². The lowest BCUT2D eigenvalue weighted by atomic mass is 9.89. The van der Waals surface area contributed by atoms with Crippen molar-refractivity contribution in [1.29, 1.82) is 0 Å². The SMILES string of the molecule is [NH-]C(O)OCOC(=O)CC(CC(=O)c1ccc(N)cc1)c1ccccc1. The van der Waals surface area contributed by atoms with Gasteiger partial charge in [0.2, 0.25) is 0 Å². The number of benzene rings is 2. The fourth-order valence-electron chi connectivity index (χ4n) is 2.47. The molecular formula is C19H21N2O5-. The third-order valence-corrected chi connectivity index (χ3v) is 3.79. The van der Waals surface area contributed by atoms with E-state index in [1.807, 2.05) is 30.3 Å². The summed E-state index contributed by atoms with van der Waals surface area (Å²) in [5, 5.41) is 8.69. The van der Waals surface area contributed by atoms with Crippen molar-refractivity contribution in [2.24, 2.45) is 0 Å². The molecule has 2 rings (SSSR count). The molecule has 0 heterocycles. The average molecular weight is 357 g/mol. The number of aliphatic hydroxyl groups is 1. The maximum Gasteiger partial charge on any atom is 0.308 e. The molecule has 0 saturated heterocycles. The maximum atomic E-state index is 12.5. The Hall–Kier alpha value is -2.74. The predicted octanol–water partition coefficient (Wildman–Crippen LogP) is 2.86. The summed E-state index contributed by atoms with van der Waals surface area (Å²) in [6.45, 7) is -0.517. The van der Waals surface area contributed by atoms with Crippen molar-refractivity contribution in [3.63, 3.8) is 0 Å². The molecule has 26 heavy (non-hydrogen) atoms. The third-order valence-electron chi connectivity index (χ3n) is 3.79. The van der Waals surface area contributed by atoms with E-state index in [0.717, 1.165) is 5.56 Å². The highest BCUT2D eigenvalue weighted by atomic mass is 16.7. The van der Waals surface area contributed by atoms with E-state index in [0.29, 0.717) is 11.3 Å². The second kappa shape index (κ2) is 9.67. The average Bonchev–Trinajstić information content (AvgIpc) is 2.62. The summed E-state index contributed by atoms with van der Waals surface area (Å²) in [6.07, 6.45) is -1.66. The largest absolute Gasteiger partial charge is 0.628 e. The van der Waals surface area contributed by atoms with E-state index in [-0.39, 0.29) is 24.5 Å². The first-order chi connectivity index (χ1) is 12.5. The van der Waals surface area contributed by atoms with Crippen molar-refractivity contribution in [2.45, 2.75) is 25.2 Å². The van der Waals surface area contributed by atoms with Gasteiger partial charge in [-0.1, -0.05) is 30.3 Å². The Morgan fingerprint density at radius 3 is 2.31 bits per heavy atom. The van der Waals surface area contributed by atoms with Crippen LogP contribution < -0.4 is 5.73 Å². The minimum atomic E-state index is -1.76. The Kier molecular flexibility index (Phi) is 7.28. The molecule has 0 fully saturated rings. The number of hydrogen-bond acceptors (Lipinski definition) is 6. The zero-order valence-corrected chi connectivity index (χ0v) is 14.1. The van der Waals surface area contributed by atoms with Crippen LogP contribution in [-0.4, -0.2) is 30.1 Å².